The number of nitrogens with zero attached hydrogens (tertiary/aromatic N) is 1. The Morgan fingerprint density at radius 1 is 1.00 bits per heavy atom. The lowest BCUT2D eigenvalue weighted by atomic mass is 10.1. The van der Waals surface area contributed by atoms with Gasteiger partial charge in [0.2, 0.25) is 15.9 Å². The number of carbonyl (C=O) groups is 1. The highest BCUT2D eigenvalue weighted by molar-refractivity contribution is 7.92. The van der Waals surface area contributed by atoms with Crippen molar-refractivity contribution in [3.8, 4) is 5.75 Å². The number of amides is 1. The summed E-state index contributed by atoms with van der Waals surface area (Å²) in [5, 5.41) is 2.81. The number of nitrogens with one attached hydrogen (secondary N) is 1. The Balaban J connectivity index is 2.07. The predicted octanol–water partition coefficient (Wildman–Crippen LogP) is 3.66. The Bertz CT molecular complexity index is 1000. The van der Waals surface area contributed by atoms with Gasteiger partial charge >= 0.3 is 0 Å². The topological polar surface area (TPSA) is 75.7 Å². The quantitative estimate of drug-likeness (QED) is 0.614. The van der Waals surface area contributed by atoms with E-state index >= 15 is 0 Å². The van der Waals surface area contributed by atoms with Gasteiger partial charge in [-0.25, -0.2) is 8.42 Å². The van der Waals surface area contributed by atoms with Gasteiger partial charge in [-0.15, -0.1) is 0 Å². The molecule has 0 aliphatic rings. The van der Waals surface area contributed by atoms with E-state index in [1.54, 1.807) is 19.1 Å². The van der Waals surface area contributed by atoms with Crippen LogP contribution in [0.2, 0.25) is 0 Å². The molecule has 0 spiro atoms. The molecule has 6 nitrogen and oxygen atoms in total. The zero-order chi connectivity index (χ0) is 22.5. The third kappa shape index (κ3) is 5.98. The first kappa shape index (κ1) is 23.7. The molecule has 1 atom stereocenters. The second-order valence-corrected chi connectivity index (χ2v) is 9.50. The maximum Gasteiger partial charge on any atom is 0.244 e. The molecule has 2 aromatic rings. The molecule has 1 amide bonds. The Labute approximate surface area is 180 Å². The minimum Gasteiger partial charge on any atom is -0.492 e. The third-order valence-electron chi connectivity index (χ3n) is 5.22. The second-order valence-electron chi connectivity index (χ2n) is 7.64. The van der Waals surface area contributed by atoms with E-state index in [2.05, 4.69) is 5.32 Å². The van der Waals surface area contributed by atoms with Crippen LogP contribution in [0.3, 0.4) is 0 Å². The average molecular weight is 433 g/mol. The molecule has 1 N–H and O–H groups in total. The summed E-state index contributed by atoms with van der Waals surface area (Å²) in [6.07, 6.45) is 1.48. The lowest BCUT2D eigenvalue weighted by Gasteiger charge is -2.30. The van der Waals surface area contributed by atoms with Crippen molar-refractivity contribution in [3.63, 3.8) is 0 Å². The Morgan fingerprint density at radius 3 is 2.13 bits per heavy atom. The minimum atomic E-state index is -3.65. The number of rotatable bonds is 9. The van der Waals surface area contributed by atoms with Gasteiger partial charge in [0.1, 0.15) is 18.4 Å². The highest BCUT2D eigenvalue weighted by Gasteiger charge is 2.31. The molecular formula is C23H32N2O4S. The highest BCUT2D eigenvalue weighted by atomic mass is 32.2. The Hall–Kier alpha value is -2.54. The van der Waals surface area contributed by atoms with Crippen LogP contribution in [-0.4, -0.2) is 39.8 Å². The number of benzene rings is 2. The van der Waals surface area contributed by atoms with E-state index in [-0.39, 0.29) is 12.5 Å². The largest absolute Gasteiger partial charge is 0.492 e. The monoisotopic (exact) mass is 432 g/mol. The summed E-state index contributed by atoms with van der Waals surface area (Å²) >= 11 is 0. The van der Waals surface area contributed by atoms with E-state index in [0.29, 0.717) is 18.7 Å². The molecule has 0 saturated carbocycles. The van der Waals surface area contributed by atoms with Crippen LogP contribution in [0, 0.1) is 27.7 Å². The van der Waals surface area contributed by atoms with Crippen LogP contribution in [0.1, 0.15) is 35.6 Å². The fourth-order valence-corrected chi connectivity index (χ4v) is 4.39. The number of anilines is 1. The smallest absolute Gasteiger partial charge is 0.244 e. The zero-order valence-corrected chi connectivity index (χ0v) is 19.5. The van der Waals surface area contributed by atoms with Gasteiger partial charge in [0.25, 0.3) is 0 Å². The molecule has 0 aromatic heterocycles. The standard InChI is InChI=1S/C23H32N2O4S/c1-7-22(25(30(6,27)28)20-10-8-16(2)18(4)14-20)23(26)24-12-13-29-21-11-9-17(3)19(5)15-21/h8-11,14-15,22H,7,12-13H2,1-6H3,(H,24,26)/t22-/m1/s1. The van der Waals surface area contributed by atoms with Gasteiger partial charge < -0.3 is 10.1 Å². The van der Waals surface area contributed by atoms with Crippen LogP contribution in [0.25, 0.3) is 0 Å². The summed E-state index contributed by atoms with van der Waals surface area (Å²) in [4.78, 5) is 12.8. The molecule has 0 fully saturated rings. The lowest BCUT2D eigenvalue weighted by molar-refractivity contribution is -0.122. The van der Waals surface area contributed by atoms with E-state index in [4.69, 9.17) is 4.74 Å². The molecule has 2 rings (SSSR count). The third-order valence-corrected chi connectivity index (χ3v) is 6.40. The van der Waals surface area contributed by atoms with Crippen molar-refractivity contribution in [1.82, 2.24) is 5.32 Å². The predicted molar refractivity (Wildman–Crippen MR) is 122 cm³/mol. The van der Waals surface area contributed by atoms with Crippen LogP contribution in [0.4, 0.5) is 5.69 Å². The maximum absolute atomic E-state index is 12.8. The molecule has 0 aliphatic carbocycles. The van der Waals surface area contributed by atoms with Crippen molar-refractivity contribution in [2.45, 2.75) is 47.1 Å². The molecule has 2 aromatic carbocycles. The van der Waals surface area contributed by atoms with Crippen LogP contribution in [0.5, 0.6) is 5.75 Å². The number of sulfonamides is 1. The first-order valence-electron chi connectivity index (χ1n) is 10.1. The number of hydrogen-bond acceptors (Lipinski definition) is 4. The number of aryl methyl sites for hydroxylation is 4. The van der Waals surface area contributed by atoms with Gasteiger partial charge in [0, 0.05) is 0 Å². The van der Waals surface area contributed by atoms with E-state index in [0.717, 1.165) is 28.7 Å². The van der Waals surface area contributed by atoms with Gasteiger partial charge in [-0.1, -0.05) is 19.1 Å². The van der Waals surface area contributed by atoms with Crippen molar-refractivity contribution in [3.05, 3.63) is 58.7 Å². The SMILES string of the molecule is CC[C@H](C(=O)NCCOc1ccc(C)c(C)c1)N(c1ccc(C)c(C)c1)S(C)(=O)=O. The molecule has 164 valence electrons. The van der Waals surface area contributed by atoms with Gasteiger partial charge in [0.05, 0.1) is 18.5 Å². The summed E-state index contributed by atoms with van der Waals surface area (Å²) in [5.74, 6) is 0.400. The minimum absolute atomic E-state index is 0.285. The van der Waals surface area contributed by atoms with Crippen LogP contribution >= 0.6 is 0 Å². The molecule has 0 bridgehead atoms. The number of hydrogen-bond donors (Lipinski definition) is 1. The molecule has 30 heavy (non-hydrogen) atoms. The fraction of sp³-hybridized carbons (Fsp3) is 0.435. The van der Waals surface area contributed by atoms with Crippen molar-refractivity contribution in [2.24, 2.45) is 0 Å². The van der Waals surface area contributed by atoms with Crippen molar-refractivity contribution >= 4 is 21.6 Å². The molecule has 0 unspecified atom stereocenters. The molecule has 7 heteroatoms. The van der Waals surface area contributed by atoms with Gasteiger partial charge in [-0.3, -0.25) is 9.10 Å². The highest BCUT2D eigenvalue weighted by Crippen LogP contribution is 2.25. The van der Waals surface area contributed by atoms with E-state index < -0.39 is 16.1 Å². The summed E-state index contributed by atoms with van der Waals surface area (Å²) in [6, 6.07) is 10.4. The van der Waals surface area contributed by atoms with Crippen molar-refractivity contribution < 1.29 is 17.9 Å². The van der Waals surface area contributed by atoms with Gasteiger partial charge in [-0.2, -0.15) is 0 Å². The van der Waals surface area contributed by atoms with Crippen molar-refractivity contribution in [2.75, 3.05) is 23.7 Å². The lowest BCUT2D eigenvalue weighted by Crippen LogP contribution is -2.50. The van der Waals surface area contributed by atoms with Gasteiger partial charge in [0.15, 0.2) is 0 Å². The fourth-order valence-electron chi connectivity index (χ4n) is 3.19. The zero-order valence-electron chi connectivity index (χ0n) is 18.7. The maximum atomic E-state index is 12.8. The first-order valence-corrected chi connectivity index (χ1v) is 11.9. The Morgan fingerprint density at radius 2 is 1.60 bits per heavy atom. The molecule has 0 heterocycles. The van der Waals surface area contributed by atoms with E-state index in [1.807, 2.05) is 52.0 Å². The van der Waals surface area contributed by atoms with Crippen molar-refractivity contribution in [1.29, 1.82) is 0 Å². The number of ether oxygens (including phenoxy) is 1. The molecular weight excluding hydrogens is 400 g/mol. The number of carbonyl (C=O) groups excluding carboxylic acids is 1. The first-order chi connectivity index (χ1) is 14.0. The summed E-state index contributed by atoms with van der Waals surface area (Å²) < 4.78 is 32.0. The Kier molecular flexibility index (Phi) is 7.89. The van der Waals surface area contributed by atoms with Gasteiger partial charge in [-0.05, 0) is 80.6 Å². The van der Waals surface area contributed by atoms with Crippen LogP contribution in [0.15, 0.2) is 36.4 Å². The molecule has 0 saturated heterocycles. The molecule has 0 radical (unpaired) electrons. The van der Waals surface area contributed by atoms with E-state index in [1.165, 1.54) is 9.87 Å². The van der Waals surface area contributed by atoms with Crippen LogP contribution < -0.4 is 14.4 Å². The normalized spacial score (nSPS) is 12.3. The summed E-state index contributed by atoms with van der Waals surface area (Å²) in [7, 11) is -3.65. The summed E-state index contributed by atoms with van der Waals surface area (Å²) in [6.45, 7) is 10.3. The molecule has 0 aliphatic heterocycles. The van der Waals surface area contributed by atoms with E-state index in [9.17, 15) is 13.2 Å². The second kappa shape index (κ2) is 9.98. The summed E-state index contributed by atoms with van der Waals surface area (Å²) in [5.41, 5.74) is 4.86. The average Bonchev–Trinajstić information content (AvgIpc) is 2.67. The van der Waals surface area contributed by atoms with Crippen LogP contribution in [-0.2, 0) is 14.8 Å².